The van der Waals surface area contributed by atoms with Gasteiger partial charge in [-0.1, -0.05) is 58.7 Å². The van der Waals surface area contributed by atoms with Crippen molar-refractivity contribution in [2.75, 3.05) is 5.75 Å². The quantitative estimate of drug-likeness (QED) is 0.212. The van der Waals surface area contributed by atoms with Gasteiger partial charge in [0, 0.05) is 18.3 Å². The lowest BCUT2D eigenvalue weighted by Gasteiger charge is -2.08. The van der Waals surface area contributed by atoms with Gasteiger partial charge < -0.3 is 0 Å². The van der Waals surface area contributed by atoms with E-state index in [0.29, 0.717) is 33.8 Å². The Balaban J connectivity index is 1.82. The highest BCUT2D eigenvalue weighted by atomic mass is 35.5. The molecule has 138 valence electrons. The minimum Gasteiger partial charge on any atom is -0.297 e. The van der Waals surface area contributed by atoms with Crippen molar-refractivity contribution in [1.82, 2.24) is 19.7 Å². The average molecular weight is 440 g/mol. The van der Waals surface area contributed by atoms with Crippen molar-refractivity contribution in [3.05, 3.63) is 69.8 Å². The topological polar surface area (TPSA) is 60.7 Å². The summed E-state index contributed by atoms with van der Waals surface area (Å²) in [5, 5.41) is 9.59. The molecule has 0 bridgehead atoms. The summed E-state index contributed by atoms with van der Waals surface area (Å²) in [6, 6.07) is 8.66. The van der Waals surface area contributed by atoms with Gasteiger partial charge in [-0.15, -0.1) is 16.8 Å². The van der Waals surface area contributed by atoms with Crippen LogP contribution < -0.4 is 0 Å². The third-order valence-corrected chi connectivity index (χ3v) is 5.85. The van der Waals surface area contributed by atoms with E-state index in [9.17, 15) is 4.79 Å². The van der Waals surface area contributed by atoms with E-state index < -0.39 is 0 Å². The number of nitrogens with zero attached hydrogens (tertiary/aromatic N) is 4. The van der Waals surface area contributed by atoms with E-state index in [2.05, 4.69) is 21.8 Å². The number of hydrogen-bond donors (Lipinski definition) is 0. The Morgan fingerprint density at radius 3 is 2.67 bits per heavy atom. The van der Waals surface area contributed by atoms with Gasteiger partial charge in [0.25, 0.3) is 0 Å². The first-order valence-electron chi connectivity index (χ1n) is 7.78. The highest BCUT2D eigenvalue weighted by Crippen LogP contribution is 2.33. The zero-order valence-electron chi connectivity index (χ0n) is 13.9. The summed E-state index contributed by atoms with van der Waals surface area (Å²) in [7, 11) is 0. The molecule has 3 aromatic rings. The first-order chi connectivity index (χ1) is 13.0. The highest BCUT2D eigenvalue weighted by molar-refractivity contribution is 7.99. The monoisotopic (exact) mass is 438 g/mol. The third-order valence-electron chi connectivity index (χ3n) is 3.59. The number of halogens is 3. The van der Waals surface area contributed by atoms with Crippen molar-refractivity contribution >= 4 is 52.3 Å². The molecular weight excluding hydrogens is 427 g/mol. The van der Waals surface area contributed by atoms with E-state index in [-0.39, 0.29) is 21.6 Å². The Hall–Kier alpha value is -1.86. The predicted molar refractivity (Wildman–Crippen MR) is 110 cm³/mol. The fraction of sp³-hybridized carbons (Fsp3) is 0.111. The van der Waals surface area contributed by atoms with Crippen molar-refractivity contribution in [3.63, 3.8) is 0 Å². The standard InChI is InChI=1S/C18H13Cl3N4OS/c1-2-9-25-17(13-5-3-4-8-22-13)23-24-18(25)27-10-14(26)11-6-7-12(19)16(21)15(11)20/h2-8H,1,9-10H2. The fourth-order valence-corrected chi connectivity index (χ4v) is 3.79. The molecule has 0 aliphatic rings. The molecule has 0 aliphatic heterocycles. The van der Waals surface area contributed by atoms with E-state index in [0.717, 1.165) is 0 Å². The number of hydrogen-bond acceptors (Lipinski definition) is 5. The summed E-state index contributed by atoms with van der Waals surface area (Å²) in [6.07, 6.45) is 3.42. The third kappa shape index (κ3) is 4.35. The number of benzene rings is 1. The lowest BCUT2D eigenvalue weighted by atomic mass is 10.1. The molecule has 0 amide bonds. The summed E-state index contributed by atoms with van der Waals surface area (Å²) in [6.45, 7) is 4.26. The zero-order chi connectivity index (χ0) is 19.4. The van der Waals surface area contributed by atoms with Crippen molar-refractivity contribution in [3.8, 4) is 11.5 Å². The molecule has 1 aromatic carbocycles. The maximum absolute atomic E-state index is 12.6. The summed E-state index contributed by atoms with van der Waals surface area (Å²) >= 11 is 19.3. The minimum atomic E-state index is -0.184. The molecule has 0 radical (unpaired) electrons. The number of pyridine rings is 1. The molecule has 2 heterocycles. The van der Waals surface area contributed by atoms with Gasteiger partial charge in [-0.2, -0.15) is 0 Å². The van der Waals surface area contributed by atoms with Gasteiger partial charge in [0.1, 0.15) is 5.69 Å². The van der Waals surface area contributed by atoms with Crippen LogP contribution in [0, 0.1) is 0 Å². The SMILES string of the molecule is C=CCn1c(SCC(=O)c2ccc(Cl)c(Cl)c2Cl)nnc1-c1ccccn1. The molecule has 3 rings (SSSR count). The number of rotatable bonds is 7. The Labute approximate surface area is 175 Å². The lowest BCUT2D eigenvalue weighted by Crippen LogP contribution is -2.06. The minimum absolute atomic E-state index is 0.120. The summed E-state index contributed by atoms with van der Waals surface area (Å²) in [5.74, 6) is 0.545. The van der Waals surface area contributed by atoms with E-state index in [1.54, 1.807) is 24.4 Å². The molecule has 5 nitrogen and oxygen atoms in total. The number of allylic oxidation sites excluding steroid dienone is 1. The van der Waals surface area contributed by atoms with Crippen molar-refractivity contribution in [1.29, 1.82) is 0 Å². The molecule has 0 atom stereocenters. The van der Waals surface area contributed by atoms with Gasteiger partial charge in [0.15, 0.2) is 16.8 Å². The molecular formula is C18H13Cl3N4OS. The van der Waals surface area contributed by atoms with Crippen LogP contribution in [0.15, 0.2) is 54.3 Å². The smallest absolute Gasteiger partial charge is 0.192 e. The Morgan fingerprint density at radius 1 is 1.15 bits per heavy atom. The van der Waals surface area contributed by atoms with Crippen LogP contribution in [0.1, 0.15) is 10.4 Å². The van der Waals surface area contributed by atoms with Crippen LogP contribution in [-0.2, 0) is 6.54 Å². The zero-order valence-corrected chi connectivity index (χ0v) is 17.0. The van der Waals surface area contributed by atoms with Crippen LogP contribution in [-0.4, -0.2) is 31.3 Å². The molecule has 9 heteroatoms. The van der Waals surface area contributed by atoms with Crippen molar-refractivity contribution in [2.24, 2.45) is 0 Å². The number of carbonyl (C=O) groups is 1. The maximum atomic E-state index is 12.6. The highest BCUT2D eigenvalue weighted by Gasteiger charge is 2.19. The van der Waals surface area contributed by atoms with Gasteiger partial charge in [-0.05, 0) is 24.3 Å². The maximum Gasteiger partial charge on any atom is 0.192 e. The van der Waals surface area contributed by atoms with Crippen molar-refractivity contribution in [2.45, 2.75) is 11.7 Å². The molecule has 2 aromatic heterocycles. The molecule has 0 fully saturated rings. The summed E-state index contributed by atoms with van der Waals surface area (Å²) in [5.41, 5.74) is 1.01. The van der Waals surface area contributed by atoms with E-state index >= 15 is 0 Å². The lowest BCUT2D eigenvalue weighted by molar-refractivity contribution is 0.102. The molecule has 0 unspecified atom stereocenters. The molecule has 0 spiro atoms. The van der Waals surface area contributed by atoms with Gasteiger partial charge in [0.2, 0.25) is 0 Å². The van der Waals surface area contributed by atoms with Crippen LogP contribution in [0.3, 0.4) is 0 Å². The van der Waals surface area contributed by atoms with Crippen LogP contribution in [0.4, 0.5) is 0 Å². The Morgan fingerprint density at radius 2 is 1.96 bits per heavy atom. The van der Waals surface area contributed by atoms with Gasteiger partial charge in [0.05, 0.1) is 20.8 Å². The normalized spacial score (nSPS) is 10.8. The second kappa shape index (κ2) is 8.89. The molecule has 0 aliphatic carbocycles. The van der Waals surface area contributed by atoms with E-state index in [4.69, 9.17) is 34.8 Å². The largest absolute Gasteiger partial charge is 0.297 e. The molecule has 0 N–H and O–H groups in total. The van der Waals surface area contributed by atoms with Crippen LogP contribution in [0.25, 0.3) is 11.5 Å². The van der Waals surface area contributed by atoms with Crippen molar-refractivity contribution < 1.29 is 4.79 Å². The second-order valence-corrected chi connectivity index (χ2v) is 7.46. The van der Waals surface area contributed by atoms with Crippen LogP contribution in [0.2, 0.25) is 15.1 Å². The first kappa shape index (κ1) is 19.9. The molecule has 27 heavy (non-hydrogen) atoms. The number of ketones is 1. The number of aromatic nitrogens is 4. The summed E-state index contributed by atoms with van der Waals surface area (Å²) in [4.78, 5) is 16.9. The number of Topliss-reactive ketones (excluding diaryl/α,β-unsaturated/α-hetero) is 1. The fourth-order valence-electron chi connectivity index (χ4n) is 2.32. The average Bonchev–Trinajstić information content (AvgIpc) is 3.08. The summed E-state index contributed by atoms with van der Waals surface area (Å²) < 4.78 is 1.85. The second-order valence-electron chi connectivity index (χ2n) is 5.36. The van der Waals surface area contributed by atoms with Gasteiger partial charge in [-0.25, -0.2) is 0 Å². The van der Waals surface area contributed by atoms with Gasteiger partial charge in [-0.3, -0.25) is 14.3 Å². The Kier molecular flexibility index (Phi) is 6.55. The van der Waals surface area contributed by atoms with E-state index in [1.807, 2.05) is 22.8 Å². The van der Waals surface area contributed by atoms with Crippen LogP contribution in [0.5, 0.6) is 0 Å². The van der Waals surface area contributed by atoms with Crippen LogP contribution >= 0.6 is 46.6 Å². The first-order valence-corrected chi connectivity index (χ1v) is 9.90. The number of thioether (sulfide) groups is 1. The molecule has 0 saturated heterocycles. The van der Waals surface area contributed by atoms with Gasteiger partial charge >= 0.3 is 0 Å². The van der Waals surface area contributed by atoms with E-state index in [1.165, 1.54) is 11.8 Å². The molecule has 0 saturated carbocycles. The predicted octanol–water partition coefficient (Wildman–Crippen LogP) is 5.46. The number of carbonyl (C=O) groups excluding carboxylic acids is 1. The Bertz CT molecular complexity index is 992.